The summed E-state index contributed by atoms with van der Waals surface area (Å²) in [6.07, 6.45) is 2.68. The number of hydrogen-bond donors (Lipinski definition) is 1. The van der Waals surface area contributed by atoms with Crippen molar-refractivity contribution in [1.82, 2.24) is 9.62 Å². The maximum atomic E-state index is 12.7. The van der Waals surface area contributed by atoms with Crippen molar-refractivity contribution in [2.24, 2.45) is 0 Å². The highest BCUT2D eigenvalue weighted by molar-refractivity contribution is 9.10. The Kier molecular flexibility index (Phi) is 5.48. The third-order valence-corrected chi connectivity index (χ3v) is 6.50. The van der Waals surface area contributed by atoms with Crippen LogP contribution in [0.3, 0.4) is 0 Å². The third kappa shape index (κ3) is 3.54. The summed E-state index contributed by atoms with van der Waals surface area (Å²) in [5, 5.41) is 3.54. The molecule has 0 saturated carbocycles. The molecule has 0 aliphatic carbocycles. The van der Waals surface area contributed by atoms with Gasteiger partial charge < -0.3 is 5.32 Å². The van der Waals surface area contributed by atoms with E-state index >= 15 is 0 Å². The predicted octanol–water partition coefficient (Wildman–Crippen LogP) is 2.87. The zero-order valence-corrected chi connectivity index (χ0v) is 14.4. The van der Waals surface area contributed by atoms with Gasteiger partial charge in [0.2, 0.25) is 10.0 Å². The summed E-state index contributed by atoms with van der Waals surface area (Å²) in [5.74, 6) is 0. The van der Waals surface area contributed by atoms with Crippen LogP contribution in [0, 0.1) is 0 Å². The van der Waals surface area contributed by atoms with Gasteiger partial charge in [0.25, 0.3) is 0 Å². The Morgan fingerprint density at radius 3 is 2.80 bits per heavy atom. The fraction of sp³-hybridized carbons (Fsp3) is 0.538. The third-order valence-electron chi connectivity index (χ3n) is 3.61. The summed E-state index contributed by atoms with van der Waals surface area (Å²) in [4.78, 5) is 0.169. The molecule has 0 radical (unpaired) electrons. The van der Waals surface area contributed by atoms with Gasteiger partial charge in [0.15, 0.2) is 0 Å². The molecule has 1 aliphatic heterocycles. The van der Waals surface area contributed by atoms with Gasteiger partial charge >= 0.3 is 0 Å². The second-order valence-corrected chi connectivity index (χ2v) is 8.22. The van der Waals surface area contributed by atoms with E-state index in [1.807, 2.05) is 0 Å². The van der Waals surface area contributed by atoms with Gasteiger partial charge in [0, 0.05) is 17.6 Å². The smallest absolute Gasteiger partial charge is 0.244 e. The molecule has 7 heteroatoms. The first kappa shape index (κ1) is 16.2. The van der Waals surface area contributed by atoms with Crippen LogP contribution in [-0.4, -0.2) is 38.9 Å². The van der Waals surface area contributed by atoms with Crippen LogP contribution < -0.4 is 5.32 Å². The molecule has 1 aromatic carbocycles. The van der Waals surface area contributed by atoms with E-state index in [9.17, 15) is 8.42 Å². The number of sulfonamides is 1. The Morgan fingerprint density at radius 1 is 1.35 bits per heavy atom. The molecule has 1 heterocycles. The van der Waals surface area contributed by atoms with Gasteiger partial charge in [-0.15, -0.1) is 0 Å². The lowest BCUT2D eigenvalue weighted by Gasteiger charge is -2.26. The summed E-state index contributed by atoms with van der Waals surface area (Å²) in [6.45, 7) is 1.79. The van der Waals surface area contributed by atoms with Gasteiger partial charge in [0.05, 0.1) is 5.02 Å². The fourth-order valence-electron chi connectivity index (χ4n) is 2.40. The van der Waals surface area contributed by atoms with Gasteiger partial charge in [-0.1, -0.05) is 27.5 Å². The molecule has 112 valence electrons. The van der Waals surface area contributed by atoms with E-state index < -0.39 is 10.0 Å². The molecule has 4 nitrogen and oxygen atoms in total. The van der Waals surface area contributed by atoms with Gasteiger partial charge in [-0.05, 0) is 50.6 Å². The van der Waals surface area contributed by atoms with Crippen LogP contribution in [0.4, 0.5) is 0 Å². The van der Waals surface area contributed by atoms with Crippen molar-refractivity contribution in [1.29, 1.82) is 0 Å². The van der Waals surface area contributed by atoms with Crippen molar-refractivity contribution in [2.75, 3.05) is 20.1 Å². The Balaban J connectivity index is 2.28. The lowest BCUT2D eigenvalue weighted by atomic mass is 10.1. The summed E-state index contributed by atoms with van der Waals surface area (Å²) in [6, 6.07) is 4.88. The molecule has 1 saturated heterocycles. The van der Waals surface area contributed by atoms with Crippen LogP contribution in [0.5, 0.6) is 0 Å². The molecule has 1 aliphatic rings. The summed E-state index contributed by atoms with van der Waals surface area (Å²) >= 11 is 9.37. The number of halogens is 2. The van der Waals surface area contributed by atoms with Crippen molar-refractivity contribution in [3.05, 3.63) is 27.7 Å². The molecule has 1 atom stereocenters. The molecule has 0 aromatic heterocycles. The molecule has 1 N–H and O–H groups in total. The average Bonchev–Trinajstić information content (AvgIpc) is 2.66. The molecular weight excluding hydrogens is 364 g/mol. The van der Waals surface area contributed by atoms with E-state index in [1.165, 1.54) is 4.31 Å². The van der Waals surface area contributed by atoms with Crippen LogP contribution in [-0.2, 0) is 10.0 Å². The van der Waals surface area contributed by atoms with E-state index in [4.69, 9.17) is 11.6 Å². The number of rotatable bonds is 3. The largest absolute Gasteiger partial charge is 0.317 e. The first-order valence-corrected chi connectivity index (χ1v) is 9.18. The first-order valence-electron chi connectivity index (χ1n) is 6.57. The summed E-state index contributed by atoms with van der Waals surface area (Å²) < 4.78 is 27.6. The topological polar surface area (TPSA) is 49.4 Å². The summed E-state index contributed by atoms with van der Waals surface area (Å²) in [5.41, 5.74) is 0. The second kappa shape index (κ2) is 6.75. The van der Waals surface area contributed by atoms with Crippen LogP contribution in [0.2, 0.25) is 5.02 Å². The van der Waals surface area contributed by atoms with Crippen molar-refractivity contribution in [2.45, 2.75) is 30.2 Å². The van der Waals surface area contributed by atoms with Gasteiger partial charge in [-0.25, -0.2) is 8.42 Å². The SMILES string of the molecule is CN(C1CCCNCC1)S(=O)(=O)c1ccc(Br)cc1Cl. The molecule has 20 heavy (non-hydrogen) atoms. The van der Waals surface area contributed by atoms with Crippen LogP contribution in [0.25, 0.3) is 0 Å². The molecule has 2 rings (SSSR count). The Labute approximate surface area is 133 Å². The highest BCUT2D eigenvalue weighted by Gasteiger charge is 2.29. The highest BCUT2D eigenvalue weighted by Crippen LogP contribution is 2.29. The zero-order valence-electron chi connectivity index (χ0n) is 11.3. The number of benzene rings is 1. The Morgan fingerprint density at radius 2 is 2.10 bits per heavy atom. The lowest BCUT2D eigenvalue weighted by molar-refractivity contribution is 0.341. The Hall–Kier alpha value is -0.140. The maximum Gasteiger partial charge on any atom is 0.244 e. The minimum Gasteiger partial charge on any atom is -0.317 e. The molecule has 0 amide bonds. The van der Waals surface area contributed by atoms with Gasteiger partial charge in [-0.3, -0.25) is 0 Å². The minimum atomic E-state index is -3.55. The van der Waals surface area contributed by atoms with Gasteiger partial charge in [0.1, 0.15) is 4.90 Å². The summed E-state index contributed by atoms with van der Waals surface area (Å²) in [7, 11) is -1.91. The van der Waals surface area contributed by atoms with E-state index in [0.717, 1.165) is 36.8 Å². The van der Waals surface area contributed by atoms with Crippen LogP contribution in [0.1, 0.15) is 19.3 Å². The van der Waals surface area contributed by atoms with Crippen molar-refractivity contribution in [3.8, 4) is 0 Å². The normalized spacial score (nSPS) is 20.9. The Bertz CT molecular complexity index is 572. The number of nitrogens with zero attached hydrogens (tertiary/aromatic N) is 1. The molecule has 1 fully saturated rings. The maximum absolute atomic E-state index is 12.7. The van der Waals surface area contributed by atoms with Crippen molar-refractivity contribution < 1.29 is 8.42 Å². The number of nitrogens with one attached hydrogen (secondary N) is 1. The van der Waals surface area contributed by atoms with Crippen LogP contribution in [0.15, 0.2) is 27.6 Å². The number of hydrogen-bond acceptors (Lipinski definition) is 3. The molecule has 0 bridgehead atoms. The average molecular weight is 382 g/mol. The van der Waals surface area contributed by atoms with E-state index in [-0.39, 0.29) is 16.0 Å². The highest BCUT2D eigenvalue weighted by atomic mass is 79.9. The van der Waals surface area contributed by atoms with Crippen molar-refractivity contribution in [3.63, 3.8) is 0 Å². The lowest BCUT2D eigenvalue weighted by Crippen LogP contribution is -2.37. The van der Waals surface area contributed by atoms with E-state index in [2.05, 4.69) is 21.2 Å². The zero-order chi connectivity index (χ0) is 14.8. The van der Waals surface area contributed by atoms with E-state index in [1.54, 1.807) is 25.2 Å². The monoisotopic (exact) mass is 380 g/mol. The van der Waals surface area contributed by atoms with E-state index in [0.29, 0.717) is 0 Å². The standard InChI is InChI=1S/C13H18BrClN2O2S/c1-17(11-3-2-7-16-8-6-11)20(18,19)13-5-4-10(14)9-12(13)15/h4-5,9,11,16H,2-3,6-8H2,1H3. The first-order chi connectivity index (χ1) is 9.43. The molecule has 0 spiro atoms. The molecule has 1 aromatic rings. The fourth-order valence-corrected chi connectivity index (χ4v) is 4.82. The van der Waals surface area contributed by atoms with Crippen LogP contribution >= 0.6 is 27.5 Å². The predicted molar refractivity (Wildman–Crippen MR) is 84.6 cm³/mol. The quantitative estimate of drug-likeness (QED) is 0.876. The molecule has 1 unspecified atom stereocenters. The second-order valence-electron chi connectivity index (χ2n) is 4.93. The minimum absolute atomic E-state index is 0.0229. The van der Waals surface area contributed by atoms with Gasteiger partial charge in [-0.2, -0.15) is 4.31 Å². The van der Waals surface area contributed by atoms with Crippen molar-refractivity contribution >= 4 is 37.6 Å². The molecular formula is C13H18BrClN2O2S.